The van der Waals surface area contributed by atoms with Crippen molar-refractivity contribution >= 4 is 17.5 Å². The van der Waals surface area contributed by atoms with Crippen molar-refractivity contribution in [1.29, 1.82) is 5.53 Å². The molecule has 0 spiro atoms. The van der Waals surface area contributed by atoms with Crippen molar-refractivity contribution in [1.82, 2.24) is 9.97 Å². The lowest BCUT2D eigenvalue weighted by Crippen LogP contribution is -2.40. The number of nitrogens with two attached hydrogens (primary N) is 1. The third kappa shape index (κ3) is 6.91. The Labute approximate surface area is 215 Å². The summed E-state index contributed by atoms with van der Waals surface area (Å²) in [5, 5.41) is 9.35. The number of anilines is 2. The molecule has 1 aromatic heterocycles. The van der Waals surface area contributed by atoms with Crippen molar-refractivity contribution in [3.05, 3.63) is 77.4 Å². The van der Waals surface area contributed by atoms with Gasteiger partial charge in [-0.25, -0.2) is 9.97 Å². The minimum atomic E-state index is -4.79. The second-order valence-corrected chi connectivity index (χ2v) is 8.30. The Morgan fingerprint density at radius 1 is 1.13 bits per heavy atom. The number of aromatic nitrogens is 2. The highest BCUT2D eigenvalue weighted by atomic mass is 19.4. The van der Waals surface area contributed by atoms with Crippen molar-refractivity contribution < 1.29 is 27.0 Å². The van der Waals surface area contributed by atoms with E-state index in [1.54, 1.807) is 4.90 Å². The molecule has 0 bridgehead atoms. The van der Waals surface area contributed by atoms with Gasteiger partial charge in [0.05, 0.1) is 19.3 Å². The maximum Gasteiger partial charge on any atom is 0.573 e. The lowest BCUT2D eigenvalue weighted by molar-refractivity contribution is -0.274. The van der Waals surface area contributed by atoms with E-state index in [2.05, 4.69) is 30.3 Å². The fourth-order valence-corrected chi connectivity index (χ4v) is 3.98. The maximum atomic E-state index is 15.5. The average Bonchev–Trinajstić information content (AvgIpc) is 2.89. The molecule has 0 radical (unpaired) electrons. The largest absolute Gasteiger partial charge is 0.573 e. The molecule has 2 aromatic carbocycles. The van der Waals surface area contributed by atoms with E-state index in [1.807, 2.05) is 24.3 Å². The van der Waals surface area contributed by atoms with Crippen LogP contribution < -0.4 is 20.7 Å². The Bertz CT molecular complexity index is 1270. The van der Waals surface area contributed by atoms with Gasteiger partial charge in [-0.05, 0) is 28.8 Å². The first-order valence-electron chi connectivity index (χ1n) is 11.4. The van der Waals surface area contributed by atoms with Gasteiger partial charge in [0.1, 0.15) is 17.9 Å². The van der Waals surface area contributed by atoms with Gasteiger partial charge in [-0.1, -0.05) is 41.6 Å². The van der Waals surface area contributed by atoms with E-state index in [4.69, 9.17) is 16.0 Å². The van der Waals surface area contributed by atoms with Gasteiger partial charge in [0.25, 0.3) is 0 Å². The summed E-state index contributed by atoms with van der Waals surface area (Å²) in [6, 6.07) is 12.3. The van der Waals surface area contributed by atoms with Gasteiger partial charge in [0.15, 0.2) is 11.6 Å². The van der Waals surface area contributed by atoms with E-state index in [0.29, 0.717) is 25.1 Å². The van der Waals surface area contributed by atoms with E-state index in [9.17, 15) is 13.2 Å². The highest BCUT2D eigenvalue weighted by Crippen LogP contribution is 2.33. The molecule has 0 unspecified atom stereocenters. The number of hydrogen-bond donors (Lipinski definition) is 3. The standard InChI is InChI=1S/C24H24F4N8O2/c25-21-22(31-12-16-3-1-15(2-4-16)11-20(29)34-35-30)32-14-33-23(21)36-9-10-37-13-19(36)17-5-7-18(8-6-17)38-24(26,27)28/h1-8,14,19H,9-13H2,(H3,29,30,34)(H,31,32,33)/t19-/m1/s1. The molecular weight excluding hydrogens is 508 g/mol. The molecule has 4 rings (SSSR count). The van der Waals surface area contributed by atoms with Crippen LogP contribution in [0.1, 0.15) is 22.7 Å². The summed E-state index contributed by atoms with van der Waals surface area (Å²) in [6.45, 7) is 1.13. The minimum Gasteiger partial charge on any atom is -0.406 e. The quantitative estimate of drug-likeness (QED) is 0.121. The van der Waals surface area contributed by atoms with Gasteiger partial charge in [-0.15, -0.1) is 18.3 Å². The Kier molecular flexibility index (Phi) is 8.31. The third-order valence-electron chi connectivity index (χ3n) is 5.72. The molecule has 14 heteroatoms. The Hall–Kier alpha value is -4.33. The fraction of sp³-hybridized carbons (Fsp3) is 0.292. The van der Waals surface area contributed by atoms with Gasteiger partial charge in [-0.3, -0.25) is 0 Å². The van der Waals surface area contributed by atoms with E-state index in [1.165, 1.54) is 30.6 Å². The summed E-state index contributed by atoms with van der Waals surface area (Å²) >= 11 is 0. The van der Waals surface area contributed by atoms with E-state index >= 15 is 4.39 Å². The Morgan fingerprint density at radius 2 is 1.84 bits per heavy atom. The summed E-state index contributed by atoms with van der Waals surface area (Å²) in [7, 11) is 0. The molecule has 1 aliphatic rings. The lowest BCUT2D eigenvalue weighted by atomic mass is 10.0. The van der Waals surface area contributed by atoms with Crippen LogP contribution in [0.25, 0.3) is 0 Å². The van der Waals surface area contributed by atoms with E-state index < -0.39 is 18.2 Å². The summed E-state index contributed by atoms with van der Waals surface area (Å²) in [4.78, 5) is 9.87. The number of nitrogens with zero attached hydrogens (tertiary/aromatic N) is 5. The van der Waals surface area contributed by atoms with Gasteiger partial charge in [0, 0.05) is 19.5 Å². The minimum absolute atomic E-state index is 0.00618. The fourth-order valence-electron chi connectivity index (χ4n) is 3.98. The molecule has 0 saturated carbocycles. The summed E-state index contributed by atoms with van der Waals surface area (Å²) in [6.07, 6.45) is -3.20. The molecule has 1 aliphatic heterocycles. The molecule has 10 nitrogen and oxygen atoms in total. The SMILES string of the molecule is N=NN=C(N)Cc1ccc(CNc2ncnc(N3CCOC[C@@H]3c3ccc(OC(F)(F)F)cc3)c2F)cc1. The number of ether oxygens (including phenoxy) is 2. The van der Waals surface area contributed by atoms with Crippen molar-refractivity contribution in [2.75, 3.05) is 30.0 Å². The average molecular weight is 533 g/mol. The number of rotatable bonds is 9. The Balaban J connectivity index is 1.47. The molecule has 1 fully saturated rings. The molecule has 0 aliphatic carbocycles. The monoisotopic (exact) mass is 532 g/mol. The lowest BCUT2D eigenvalue weighted by Gasteiger charge is -2.37. The second kappa shape index (κ2) is 11.8. The normalized spacial score (nSPS) is 16.3. The highest BCUT2D eigenvalue weighted by molar-refractivity contribution is 5.82. The summed E-state index contributed by atoms with van der Waals surface area (Å²) < 4.78 is 62.5. The van der Waals surface area contributed by atoms with Crippen LogP contribution in [0.5, 0.6) is 5.75 Å². The van der Waals surface area contributed by atoms with Crippen LogP contribution in [-0.2, 0) is 17.7 Å². The van der Waals surface area contributed by atoms with Crippen LogP contribution in [0.3, 0.4) is 0 Å². The van der Waals surface area contributed by atoms with Crippen molar-refractivity contribution in [2.45, 2.75) is 25.4 Å². The molecule has 3 aromatic rings. The van der Waals surface area contributed by atoms with Crippen LogP contribution in [0, 0.1) is 11.3 Å². The molecule has 2 heterocycles. The third-order valence-corrected chi connectivity index (χ3v) is 5.72. The smallest absolute Gasteiger partial charge is 0.406 e. The first kappa shape index (κ1) is 26.7. The predicted molar refractivity (Wildman–Crippen MR) is 130 cm³/mol. The molecule has 38 heavy (non-hydrogen) atoms. The molecule has 1 saturated heterocycles. The highest BCUT2D eigenvalue weighted by Gasteiger charge is 2.32. The zero-order chi connectivity index (χ0) is 27.1. The second-order valence-electron chi connectivity index (χ2n) is 8.30. The number of amidine groups is 1. The first-order chi connectivity index (χ1) is 18.2. The van der Waals surface area contributed by atoms with Crippen molar-refractivity contribution in [2.24, 2.45) is 16.1 Å². The maximum absolute atomic E-state index is 15.5. The summed E-state index contributed by atoms with van der Waals surface area (Å²) in [5.74, 6) is -0.732. The van der Waals surface area contributed by atoms with E-state index in [0.717, 1.165) is 11.1 Å². The van der Waals surface area contributed by atoms with Crippen LogP contribution in [0.15, 0.2) is 65.2 Å². The molecule has 200 valence electrons. The topological polar surface area (TPSA) is 134 Å². The zero-order valence-electron chi connectivity index (χ0n) is 20.0. The van der Waals surface area contributed by atoms with Crippen LogP contribution >= 0.6 is 0 Å². The molecule has 4 N–H and O–H groups in total. The number of nitrogens with one attached hydrogen (secondary N) is 2. The summed E-state index contributed by atoms with van der Waals surface area (Å²) in [5.41, 5.74) is 14.7. The first-order valence-corrected chi connectivity index (χ1v) is 11.4. The molecular formula is C24H24F4N8O2. The molecule has 0 amide bonds. The predicted octanol–water partition coefficient (Wildman–Crippen LogP) is 4.55. The van der Waals surface area contributed by atoms with Crippen LogP contribution in [0.4, 0.5) is 29.2 Å². The number of halogens is 4. The van der Waals surface area contributed by atoms with Gasteiger partial charge in [0.2, 0.25) is 5.82 Å². The zero-order valence-corrected chi connectivity index (χ0v) is 20.0. The number of morpholine rings is 1. The van der Waals surface area contributed by atoms with Gasteiger partial charge >= 0.3 is 6.36 Å². The van der Waals surface area contributed by atoms with E-state index in [-0.39, 0.29) is 36.4 Å². The number of alkyl halides is 3. The van der Waals surface area contributed by atoms with Crippen molar-refractivity contribution in [3.8, 4) is 5.75 Å². The Morgan fingerprint density at radius 3 is 2.53 bits per heavy atom. The van der Waals surface area contributed by atoms with Gasteiger partial charge in [-0.2, -0.15) is 9.92 Å². The van der Waals surface area contributed by atoms with Crippen LogP contribution in [0.2, 0.25) is 0 Å². The van der Waals surface area contributed by atoms with Crippen molar-refractivity contribution in [3.63, 3.8) is 0 Å². The van der Waals surface area contributed by atoms with Gasteiger partial charge < -0.3 is 25.4 Å². The number of benzene rings is 2. The van der Waals surface area contributed by atoms with Crippen LogP contribution in [-0.4, -0.2) is 41.9 Å². The number of hydrogen-bond acceptors (Lipinski definition) is 8. The molecule has 1 atom stereocenters.